The van der Waals surface area contributed by atoms with Crippen LogP contribution in [0.15, 0.2) is 59.5 Å². The highest BCUT2D eigenvalue weighted by Crippen LogP contribution is 2.13. The Morgan fingerprint density at radius 1 is 1.04 bits per heavy atom. The minimum Gasteiger partial charge on any atom is -0.456 e. The lowest BCUT2D eigenvalue weighted by atomic mass is 10.2. The number of hydrogen-bond donors (Lipinski definition) is 0. The van der Waals surface area contributed by atoms with Crippen molar-refractivity contribution in [3.05, 3.63) is 66.0 Å². The Morgan fingerprint density at radius 2 is 1.67 bits per heavy atom. The number of likely N-dealkylation sites (N-methyl/N-ethyl adjacent to an activating group) is 1. The molecule has 0 radical (unpaired) electrons. The standard InChI is InChI=1S/C19H20FNO5S/c1-21(13-15-5-3-2-4-6-15)18(22)14-26-19(23)11-12-27(24,25)17-9-7-16(20)8-10-17/h2-10H,11-14H2,1H3. The van der Waals surface area contributed by atoms with Gasteiger partial charge in [0.25, 0.3) is 5.91 Å². The monoisotopic (exact) mass is 393 g/mol. The van der Waals surface area contributed by atoms with Gasteiger partial charge in [0.2, 0.25) is 0 Å². The maximum Gasteiger partial charge on any atom is 0.307 e. The normalized spacial score (nSPS) is 11.0. The summed E-state index contributed by atoms with van der Waals surface area (Å²) in [6.07, 6.45) is -0.393. The molecule has 0 N–H and O–H groups in total. The van der Waals surface area contributed by atoms with E-state index in [9.17, 15) is 22.4 Å². The minimum absolute atomic E-state index is 0.0737. The van der Waals surface area contributed by atoms with Gasteiger partial charge in [0.15, 0.2) is 16.4 Å². The second kappa shape index (κ2) is 9.27. The lowest BCUT2D eigenvalue weighted by molar-refractivity contribution is -0.151. The second-order valence-corrected chi connectivity index (χ2v) is 8.03. The molecule has 144 valence electrons. The molecule has 0 saturated heterocycles. The van der Waals surface area contributed by atoms with Crippen LogP contribution in [-0.4, -0.2) is 44.6 Å². The van der Waals surface area contributed by atoms with Crippen molar-refractivity contribution in [3.8, 4) is 0 Å². The predicted octanol–water partition coefficient (Wildman–Crippen LogP) is 2.19. The van der Waals surface area contributed by atoms with Crippen molar-refractivity contribution in [2.24, 2.45) is 0 Å². The van der Waals surface area contributed by atoms with E-state index in [1.54, 1.807) is 7.05 Å². The molecule has 0 heterocycles. The number of esters is 1. The van der Waals surface area contributed by atoms with E-state index in [-0.39, 0.29) is 4.90 Å². The summed E-state index contributed by atoms with van der Waals surface area (Å²) in [5.74, 6) is -2.21. The van der Waals surface area contributed by atoms with Crippen molar-refractivity contribution in [1.82, 2.24) is 4.90 Å². The number of carbonyl (C=O) groups is 2. The highest BCUT2D eigenvalue weighted by molar-refractivity contribution is 7.91. The van der Waals surface area contributed by atoms with Crippen molar-refractivity contribution >= 4 is 21.7 Å². The molecule has 1 amide bonds. The molecule has 0 spiro atoms. The molecule has 2 aromatic carbocycles. The average Bonchev–Trinajstić information content (AvgIpc) is 2.65. The van der Waals surface area contributed by atoms with Gasteiger partial charge in [-0.3, -0.25) is 9.59 Å². The summed E-state index contributed by atoms with van der Waals surface area (Å²) in [5.41, 5.74) is 0.935. The van der Waals surface area contributed by atoms with Crippen LogP contribution >= 0.6 is 0 Å². The van der Waals surface area contributed by atoms with Gasteiger partial charge in [-0.1, -0.05) is 30.3 Å². The quantitative estimate of drug-likeness (QED) is 0.507. The molecule has 0 bridgehead atoms. The lowest BCUT2D eigenvalue weighted by Gasteiger charge is -2.17. The third-order valence-electron chi connectivity index (χ3n) is 3.79. The molecule has 0 aliphatic carbocycles. The van der Waals surface area contributed by atoms with E-state index in [4.69, 9.17) is 4.74 Å². The Kier molecular flexibility index (Phi) is 7.06. The van der Waals surface area contributed by atoms with Gasteiger partial charge in [-0.05, 0) is 29.8 Å². The molecule has 0 aliphatic heterocycles. The fourth-order valence-corrected chi connectivity index (χ4v) is 3.47. The molecular weight excluding hydrogens is 373 g/mol. The summed E-state index contributed by atoms with van der Waals surface area (Å²) in [7, 11) is -2.15. The molecular formula is C19H20FNO5S. The van der Waals surface area contributed by atoms with E-state index in [1.165, 1.54) is 4.90 Å². The zero-order chi connectivity index (χ0) is 19.9. The van der Waals surface area contributed by atoms with Crippen LogP contribution in [0.1, 0.15) is 12.0 Å². The Bertz CT molecular complexity index is 882. The first kappa shape index (κ1) is 20.6. The smallest absolute Gasteiger partial charge is 0.307 e. The molecule has 2 rings (SSSR count). The Labute approximate surface area is 157 Å². The van der Waals surface area contributed by atoms with E-state index < -0.39 is 46.3 Å². The molecule has 0 saturated carbocycles. The fraction of sp³-hybridized carbons (Fsp3) is 0.263. The Balaban J connectivity index is 1.78. The maximum atomic E-state index is 12.9. The first-order chi connectivity index (χ1) is 12.8. The van der Waals surface area contributed by atoms with Gasteiger partial charge in [-0.25, -0.2) is 12.8 Å². The van der Waals surface area contributed by atoms with Gasteiger partial charge in [0.1, 0.15) is 5.82 Å². The van der Waals surface area contributed by atoms with Crippen molar-refractivity contribution in [1.29, 1.82) is 0 Å². The summed E-state index contributed by atoms with van der Waals surface area (Å²) in [5, 5.41) is 0. The fourth-order valence-electron chi connectivity index (χ4n) is 2.25. The molecule has 0 fully saturated rings. The van der Waals surface area contributed by atoms with Crippen LogP contribution in [0.3, 0.4) is 0 Å². The van der Waals surface area contributed by atoms with E-state index >= 15 is 0 Å². The molecule has 0 aromatic heterocycles. The van der Waals surface area contributed by atoms with Gasteiger partial charge < -0.3 is 9.64 Å². The summed E-state index contributed by atoms with van der Waals surface area (Å²) < 4.78 is 41.9. The van der Waals surface area contributed by atoms with Crippen LogP contribution in [0, 0.1) is 5.82 Å². The topological polar surface area (TPSA) is 80.8 Å². The van der Waals surface area contributed by atoms with E-state index in [2.05, 4.69) is 0 Å². The Morgan fingerprint density at radius 3 is 2.30 bits per heavy atom. The largest absolute Gasteiger partial charge is 0.456 e. The molecule has 0 atom stereocenters. The van der Waals surface area contributed by atoms with E-state index in [1.807, 2.05) is 30.3 Å². The molecule has 0 unspecified atom stereocenters. The predicted molar refractivity (Wildman–Crippen MR) is 96.9 cm³/mol. The van der Waals surface area contributed by atoms with Gasteiger partial charge in [0, 0.05) is 13.6 Å². The summed E-state index contributed by atoms with van der Waals surface area (Å²) in [6, 6.07) is 13.7. The van der Waals surface area contributed by atoms with Gasteiger partial charge in [0.05, 0.1) is 17.1 Å². The first-order valence-electron chi connectivity index (χ1n) is 8.20. The summed E-state index contributed by atoms with van der Waals surface area (Å²) in [6.45, 7) is -0.0884. The zero-order valence-corrected chi connectivity index (χ0v) is 15.6. The highest BCUT2D eigenvalue weighted by atomic mass is 32.2. The van der Waals surface area contributed by atoms with Gasteiger partial charge >= 0.3 is 5.97 Å². The molecule has 2 aromatic rings. The SMILES string of the molecule is CN(Cc1ccccc1)C(=O)COC(=O)CCS(=O)(=O)c1ccc(F)cc1. The van der Waals surface area contributed by atoms with Crippen molar-refractivity contribution in [2.75, 3.05) is 19.4 Å². The van der Waals surface area contributed by atoms with Crippen LogP contribution < -0.4 is 0 Å². The number of hydrogen-bond acceptors (Lipinski definition) is 5. The number of halogens is 1. The number of carbonyl (C=O) groups excluding carboxylic acids is 2. The van der Waals surface area contributed by atoms with Crippen LogP contribution in [-0.2, 0) is 30.7 Å². The second-order valence-electron chi connectivity index (χ2n) is 5.92. The van der Waals surface area contributed by atoms with E-state index in [0.29, 0.717) is 6.54 Å². The summed E-state index contributed by atoms with van der Waals surface area (Å²) in [4.78, 5) is 25.1. The van der Waals surface area contributed by atoms with E-state index in [0.717, 1.165) is 29.8 Å². The zero-order valence-electron chi connectivity index (χ0n) is 14.8. The summed E-state index contributed by atoms with van der Waals surface area (Å²) >= 11 is 0. The van der Waals surface area contributed by atoms with Crippen LogP contribution in [0.25, 0.3) is 0 Å². The number of amides is 1. The van der Waals surface area contributed by atoms with Crippen molar-refractivity contribution in [2.45, 2.75) is 17.9 Å². The average molecular weight is 393 g/mol. The molecule has 8 heteroatoms. The third-order valence-corrected chi connectivity index (χ3v) is 5.52. The third kappa shape index (κ3) is 6.49. The maximum absolute atomic E-state index is 12.9. The highest BCUT2D eigenvalue weighted by Gasteiger charge is 2.18. The molecule has 0 aliphatic rings. The molecule has 6 nitrogen and oxygen atoms in total. The number of sulfone groups is 1. The van der Waals surface area contributed by atoms with Gasteiger partial charge in [-0.2, -0.15) is 0 Å². The number of rotatable bonds is 8. The number of nitrogens with zero attached hydrogens (tertiary/aromatic N) is 1. The number of ether oxygens (including phenoxy) is 1. The van der Waals surface area contributed by atoms with Crippen LogP contribution in [0.5, 0.6) is 0 Å². The number of benzene rings is 2. The van der Waals surface area contributed by atoms with Crippen molar-refractivity contribution < 1.29 is 27.1 Å². The van der Waals surface area contributed by atoms with Crippen LogP contribution in [0.4, 0.5) is 4.39 Å². The Hall–Kier alpha value is -2.74. The molecule has 27 heavy (non-hydrogen) atoms. The first-order valence-corrected chi connectivity index (χ1v) is 9.85. The van der Waals surface area contributed by atoms with Gasteiger partial charge in [-0.15, -0.1) is 0 Å². The van der Waals surface area contributed by atoms with Crippen LogP contribution in [0.2, 0.25) is 0 Å². The van der Waals surface area contributed by atoms with Crippen molar-refractivity contribution in [3.63, 3.8) is 0 Å². The minimum atomic E-state index is -3.73. The lowest BCUT2D eigenvalue weighted by Crippen LogP contribution is -2.31.